The van der Waals surface area contributed by atoms with Gasteiger partial charge in [0, 0.05) is 12.5 Å². The number of nitrogens with two attached hydrogens (primary N) is 1. The minimum Gasteiger partial charge on any atom is -0.330 e. The quantitative estimate of drug-likeness (QED) is 0.892. The Morgan fingerprint density at radius 2 is 2.19 bits per heavy atom. The summed E-state index contributed by atoms with van der Waals surface area (Å²) >= 11 is 1.54. The maximum atomic E-state index is 13.0. The standard InChI is InChI=1S/C12H15FN2S/c1-7(2)9(6-14)12-15-10-4-3-8(13)5-11(10)16-12/h3-5,7,9H,6,14H2,1-2H3. The Hall–Kier alpha value is -1.000. The summed E-state index contributed by atoms with van der Waals surface area (Å²) in [6.07, 6.45) is 0. The van der Waals surface area contributed by atoms with Crippen molar-refractivity contribution in [3.05, 3.63) is 29.0 Å². The highest BCUT2D eigenvalue weighted by Crippen LogP contribution is 2.31. The van der Waals surface area contributed by atoms with E-state index in [0.29, 0.717) is 12.5 Å². The smallest absolute Gasteiger partial charge is 0.124 e. The fourth-order valence-corrected chi connectivity index (χ4v) is 3.01. The van der Waals surface area contributed by atoms with Crippen molar-refractivity contribution >= 4 is 21.6 Å². The maximum absolute atomic E-state index is 13.0. The summed E-state index contributed by atoms with van der Waals surface area (Å²) in [5, 5.41) is 1.01. The fourth-order valence-electron chi connectivity index (χ4n) is 1.73. The van der Waals surface area contributed by atoms with Gasteiger partial charge in [-0.2, -0.15) is 0 Å². The van der Waals surface area contributed by atoms with Gasteiger partial charge in [-0.1, -0.05) is 13.8 Å². The summed E-state index contributed by atoms with van der Waals surface area (Å²) in [4.78, 5) is 4.52. The molecule has 86 valence electrons. The van der Waals surface area contributed by atoms with E-state index in [0.717, 1.165) is 15.2 Å². The van der Waals surface area contributed by atoms with Crippen LogP contribution in [0.5, 0.6) is 0 Å². The Bertz CT molecular complexity index is 493. The van der Waals surface area contributed by atoms with Gasteiger partial charge in [0.1, 0.15) is 5.82 Å². The number of thiazole rings is 1. The zero-order valence-corrected chi connectivity index (χ0v) is 10.2. The monoisotopic (exact) mass is 238 g/mol. The van der Waals surface area contributed by atoms with E-state index in [1.54, 1.807) is 17.4 Å². The first-order chi connectivity index (χ1) is 7.61. The van der Waals surface area contributed by atoms with E-state index in [2.05, 4.69) is 18.8 Å². The lowest BCUT2D eigenvalue weighted by Gasteiger charge is -2.15. The molecular formula is C12H15FN2S. The SMILES string of the molecule is CC(C)C(CN)c1nc2ccc(F)cc2s1. The van der Waals surface area contributed by atoms with Crippen LogP contribution in [-0.4, -0.2) is 11.5 Å². The normalized spacial score (nSPS) is 13.6. The van der Waals surface area contributed by atoms with E-state index in [1.807, 2.05) is 0 Å². The second-order valence-corrected chi connectivity index (χ2v) is 5.31. The Labute approximate surface area is 98.3 Å². The van der Waals surface area contributed by atoms with Gasteiger partial charge in [0.25, 0.3) is 0 Å². The van der Waals surface area contributed by atoms with Crippen molar-refractivity contribution in [2.45, 2.75) is 19.8 Å². The van der Waals surface area contributed by atoms with Crippen molar-refractivity contribution in [2.24, 2.45) is 11.7 Å². The van der Waals surface area contributed by atoms with Gasteiger partial charge in [-0.3, -0.25) is 0 Å². The molecule has 0 radical (unpaired) electrons. The first-order valence-corrected chi connectivity index (χ1v) is 6.19. The van der Waals surface area contributed by atoms with Crippen molar-refractivity contribution in [1.29, 1.82) is 0 Å². The molecule has 0 spiro atoms. The summed E-state index contributed by atoms with van der Waals surface area (Å²) in [7, 11) is 0. The molecule has 2 rings (SSSR count). The van der Waals surface area contributed by atoms with Gasteiger partial charge in [0.2, 0.25) is 0 Å². The Morgan fingerprint density at radius 1 is 1.44 bits per heavy atom. The van der Waals surface area contributed by atoms with Gasteiger partial charge < -0.3 is 5.73 Å². The largest absolute Gasteiger partial charge is 0.330 e. The average Bonchev–Trinajstić information content (AvgIpc) is 2.60. The molecule has 0 aliphatic heterocycles. The highest BCUT2D eigenvalue weighted by molar-refractivity contribution is 7.18. The second-order valence-electron chi connectivity index (χ2n) is 4.25. The van der Waals surface area contributed by atoms with Crippen LogP contribution in [-0.2, 0) is 0 Å². The van der Waals surface area contributed by atoms with Gasteiger partial charge in [0.15, 0.2) is 0 Å². The first-order valence-electron chi connectivity index (χ1n) is 5.38. The van der Waals surface area contributed by atoms with Crippen LogP contribution in [0.1, 0.15) is 24.8 Å². The lowest BCUT2D eigenvalue weighted by Crippen LogP contribution is -2.17. The lowest BCUT2D eigenvalue weighted by atomic mass is 9.97. The topological polar surface area (TPSA) is 38.9 Å². The first kappa shape index (κ1) is 11.5. The molecule has 2 nitrogen and oxygen atoms in total. The zero-order chi connectivity index (χ0) is 11.7. The third-order valence-electron chi connectivity index (χ3n) is 2.74. The van der Waals surface area contributed by atoms with Crippen molar-refractivity contribution in [3.8, 4) is 0 Å². The molecule has 0 saturated heterocycles. The molecule has 0 saturated carbocycles. The minimum atomic E-state index is -0.212. The molecule has 0 bridgehead atoms. The number of halogens is 1. The summed E-state index contributed by atoms with van der Waals surface area (Å²) in [5.41, 5.74) is 6.61. The molecule has 1 aromatic heterocycles. The van der Waals surface area contributed by atoms with Crippen molar-refractivity contribution in [3.63, 3.8) is 0 Å². The Balaban J connectivity index is 2.45. The van der Waals surface area contributed by atoms with E-state index >= 15 is 0 Å². The Kier molecular flexibility index (Phi) is 3.21. The molecule has 1 heterocycles. The number of aromatic nitrogens is 1. The van der Waals surface area contributed by atoms with Gasteiger partial charge >= 0.3 is 0 Å². The molecule has 2 N–H and O–H groups in total. The molecule has 0 amide bonds. The van der Waals surface area contributed by atoms with Crippen LogP contribution in [0.2, 0.25) is 0 Å². The molecule has 0 aliphatic carbocycles. The molecule has 0 fully saturated rings. The number of benzene rings is 1. The van der Waals surface area contributed by atoms with Gasteiger partial charge in [-0.25, -0.2) is 9.37 Å². The zero-order valence-electron chi connectivity index (χ0n) is 9.40. The summed E-state index contributed by atoms with van der Waals surface area (Å²) < 4.78 is 13.9. The average molecular weight is 238 g/mol. The molecule has 1 aromatic carbocycles. The number of hydrogen-bond acceptors (Lipinski definition) is 3. The van der Waals surface area contributed by atoms with Crippen LogP contribution in [0.15, 0.2) is 18.2 Å². The molecule has 4 heteroatoms. The van der Waals surface area contributed by atoms with Crippen molar-refractivity contribution in [1.82, 2.24) is 4.98 Å². The van der Waals surface area contributed by atoms with Gasteiger partial charge in [-0.15, -0.1) is 11.3 Å². The summed E-state index contributed by atoms with van der Waals surface area (Å²) in [5.74, 6) is 0.507. The van der Waals surface area contributed by atoms with E-state index in [-0.39, 0.29) is 11.7 Å². The molecular weight excluding hydrogens is 223 g/mol. The number of hydrogen-bond donors (Lipinski definition) is 1. The highest BCUT2D eigenvalue weighted by atomic mass is 32.1. The second kappa shape index (κ2) is 4.47. The number of fused-ring (bicyclic) bond motifs is 1. The van der Waals surface area contributed by atoms with Crippen molar-refractivity contribution in [2.75, 3.05) is 6.54 Å². The van der Waals surface area contributed by atoms with Gasteiger partial charge in [-0.05, 0) is 24.1 Å². The molecule has 0 aliphatic rings. The van der Waals surface area contributed by atoms with Crippen LogP contribution >= 0.6 is 11.3 Å². The third-order valence-corrected chi connectivity index (χ3v) is 3.89. The van der Waals surface area contributed by atoms with E-state index in [9.17, 15) is 4.39 Å². The molecule has 1 unspecified atom stereocenters. The van der Waals surface area contributed by atoms with Crippen molar-refractivity contribution < 1.29 is 4.39 Å². The number of rotatable bonds is 3. The van der Waals surface area contributed by atoms with Gasteiger partial charge in [0.05, 0.1) is 15.2 Å². The Morgan fingerprint density at radius 3 is 2.81 bits per heavy atom. The molecule has 16 heavy (non-hydrogen) atoms. The predicted molar refractivity (Wildman–Crippen MR) is 66.2 cm³/mol. The van der Waals surface area contributed by atoms with Crippen LogP contribution in [0.25, 0.3) is 10.2 Å². The van der Waals surface area contributed by atoms with E-state index in [1.165, 1.54) is 12.1 Å². The predicted octanol–water partition coefficient (Wildman–Crippen LogP) is 3.13. The molecule has 1 atom stereocenters. The number of nitrogens with zero attached hydrogens (tertiary/aromatic N) is 1. The van der Waals surface area contributed by atoms with E-state index in [4.69, 9.17) is 5.73 Å². The fraction of sp³-hybridized carbons (Fsp3) is 0.417. The van der Waals surface area contributed by atoms with Crippen LogP contribution in [0.3, 0.4) is 0 Å². The summed E-state index contributed by atoms with van der Waals surface area (Å²) in [6.45, 7) is 4.84. The summed E-state index contributed by atoms with van der Waals surface area (Å²) in [6, 6.07) is 4.70. The maximum Gasteiger partial charge on any atom is 0.124 e. The molecule has 2 aromatic rings. The lowest BCUT2D eigenvalue weighted by molar-refractivity contribution is 0.505. The van der Waals surface area contributed by atoms with Crippen LogP contribution in [0, 0.1) is 11.7 Å². The van der Waals surface area contributed by atoms with Crippen LogP contribution in [0.4, 0.5) is 4.39 Å². The highest BCUT2D eigenvalue weighted by Gasteiger charge is 2.18. The van der Waals surface area contributed by atoms with Crippen LogP contribution < -0.4 is 5.73 Å². The third kappa shape index (κ3) is 2.08. The van der Waals surface area contributed by atoms with E-state index < -0.39 is 0 Å². The minimum absolute atomic E-state index is 0.212.